The molecule has 1 aliphatic heterocycles. The molecule has 1 aromatic rings. The Hall–Kier alpha value is -0.510. The molecule has 0 spiro atoms. The van der Waals surface area contributed by atoms with Gasteiger partial charge < -0.3 is 10.2 Å². The zero-order valence-corrected chi connectivity index (χ0v) is 13.9. The van der Waals surface area contributed by atoms with Crippen LogP contribution in [-0.4, -0.2) is 36.8 Å². The second-order valence-corrected chi connectivity index (χ2v) is 7.10. The lowest BCUT2D eigenvalue weighted by Crippen LogP contribution is -2.29. The molecule has 20 heavy (non-hydrogen) atoms. The smallest absolute Gasteiger partial charge is 0.0339 e. The maximum atomic E-state index is 3.75. The SMILES string of the molecule is CC(C)N(C)CCCCNC1CCSc2ccccc21. The molecule has 112 valence electrons. The van der Waals surface area contributed by atoms with Gasteiger partial charge >= 0.3 is 0 Å². The largest absolute Gasteiger partial charge is 0.310 e. The van der Waals surface area contributed by atoms with Crippen LogP contribution < -0.4 is 5.32 Å². The number of fused-ring (bicyclic) bond motifs is 1. The molecule has 0 amide bonds. The minimum Gasteiger partial charge on any atom is -0.310 e. The second-order valence-electron chi connectivity index (χ2n) is 5.96. The fourth-order valence-corrected chi connectivity index (χ4v) is 3.70. The summed E-state index contributed by atoms with van der Waals surface area (Å²) in [6.07, 6.45) is 3.81. The van der Waals surface area contributed by atoms with Gasteiger partial charge in [-0.15, -0.1) is 11.8 Å². The number of hydrogen-bond donors (Lipinski definition) is 1. The molecule has 3 heteroatoms. The topological polar surface area (TPSA) is 15.3 Å². The predicted octanol–water partition coefficient (Wildman–Crippen LogP) is 3.93. The summed E-state index contributed by atoms with van der Waals surface area (Å²) >= 11 is 2.00. The number of hydrogen-bond acceptors (Lipinski definition) is 3. The highest BCUT2D eigenvalue weighted by atomic mass is 32.2. The molecule has 0 saturated carbocycles. The Bertz CT molecular complexity index is 406. The minimum absolute atomic E-state index is 0.565. The standard InChI is InChI=1S/C17H28N2S/c1-14(2)19(3)12-7-6-11-18-16-10-13-20-17-9-5-4-8-15(16)17/h4-5,8-9,14,16,18H,6-7,10-13H2,1-3H3. The van der Waals surface area contributed by atoms with E-state index in [2.05, 4.69) is 55.4 Å². The predicted molar refractivity (Wildman–Crippen MR) is 89.5 cm³/mol. The molecule has 1 atom stereocenters. The molecule has 1 aromatic carbocycles. The lowest BCUT2D eigenvalue weighted by atomic mass is 10.0. The zero-order valence-electron chi connectivity index (χ0n) is 13.1. The minimum atomic E-state index is 0.565. The molecule has 0 fully saturated rings. The molecular weight excluding hydrogens is 264 g/mol. The van der Waals surface area contributed by atoms with Gasteiger partial charge in [0.2, 0.25) is 0 Å². The molecule has 0 radical (unpaired) electrons. The third-order valence-electron chi connectivity index (χ3n) is 4.17. The van der Waals surface area contributed by atoms with E-state index >= 15 is 0 Å². The van der Waals surface area contributed by atoms with E-state index in [1.54, 1.807) is 0 Å². The van der Waals surface area contributed by atoms with Gasteiger partial charge in [-0.05, 0) is 70.6 Å². The van der Waals surface area contributed by atoms with Crippen molar-refractivity contribution in [1.82, 2.24) is 10.2 Å². The van der Waals surface area contributed by atoms with Crippen LogP contribution in [0, 0.1) is 0 Å². The number of thioether (sulfide) groups is 1. The zero-order chi connectivity index (χ0) is 14.4. The van der Waals surface area contributed by atoms with Crippen LogP contribution in [0.25, 0.3) is 0 Å². The van der Waals surface area contributed by atoms with Crippen LogP contribution in [0.15, 0.2) is 29.2 Å². The van der Waals surface area contributed by atoms with Crippen molar-refractivity contribution in [3.05, 3.63) is 29.8 Å². The van der Waals surface area contributed by atoms with Crippen LogP contribution in [0.2, 0.25) is 0 Å². The van der Waals surface area contributed by atoms with Crippen LogP contribution in [0.4, 0.5) is 0 Å². The fraction of sp³-hybridized carbons (Fsp3) is 0.647. The molecule has 2 nitrogen and oxygen atoms in total. The van der Waals surface area contributed by atoms with Crippen LogP contribution in [0.3, 0.4) is 0 Å². The Morgan fingerprint density at radius 2 is 2.10 bits per heavy atom. The number of benzene rings is 1. The van der Waals surface area contributed by atoms with Crippen LogP contribution in [-0.2, 0) is 0 Å². The first-order valence-electron chi connectivity index (χ1n) is 7.84. The van der Waals surface area contributed by atoms with Gasteiger partial charge in [0, 0.05) is 17.0 Å². The number of nitrogens with zero attached hydrogens (tertiary/aromatic N) is 1. The monoisotopic (exact) mass is 292 g/mol. The second kappa shape index (κ2) is 8.06. The van der Waals surface area contributed by atoms with Crippen LogP contribution >= 0.6 is 11.8 Å². The fourth-order valence-electron chi connectivity index (χ4n) is 2.57. The normalized spacial score (nSPS) is 18.6. The summed E-state index contributed by atoms with van der Waals surface area (Å²) in [5.74, 6) is 1.24. The van der Waals surface area contributed by atoms with Gasteiger partial charge in [-0.2, -0.15) is 0 Å². The molecule has 0 saturated heterocycles. The maximum absolute atomic E-state index is 3.75. The van der Waals surface area contributed by atoms with Crippen molar-refractivity contribution in [1.29, 1.82) is 0 Å². The number of nitrogens with one attached hydrogen (secondary N) is 1. The van der Waals surface area contributed by atoms with Gasteiger partial charge in [0.25, 0.3) is 0 Å². The first kappa shape index (κ1) is 15.9. The van der Waals surface area contributed by atoms with Crippen LogP contribution in [0.1, 0.15) is 44.7 Å². The summed E-state index contributed by atoms with van der Waals surface area (Å²) in [5.41, 5.74) is 1.50. The Morgan fingerprint density at radius 1 is 1.30 bits per heavy atom. The van der Waals surface area contributed by atoms with E-state index in [1.807, 2.05) is 11.8 Å². The van der Waals surface area contributed by atoms with Gasteiger partial charge in [-0.3, -0.25) is 0 Å². The van der Waals surface area contributed by atoms with Gasteiger partial charge in [-0.25, -0.2) is 0 Å². The van der Waals surface area contributed by atoms with E-state index in [1.165, 1.54) is 42.0 Å². The summed E-state index contributed by atoms with van der Waals surface area (Å²) < 4.78 is 0. The highest BCUT2D eigenvalue weighted by molar-refractivity contribution is 7.99. The van der Waals surface area contributed by atoms with E-state index in [0.29, 0.717) is 12.1 Å². The van der Waals surface area contributed by atoms with Gasteiger partial charge in [0.15, 0.2) is 0 Å². The Kier molecular flexibility index (Phi) is 6.40. The molecular formula is C17H28N2S. The Balaban J connectivity index is 1.70. The average Bonchev–Trinajstić information content (AvgIpc) is 2.46. The molecule has 0 aromatic heterocycles. The highest BCUT2D eigenvalue weighted by Gasteiger charge is 2.19. The molecule has 1 aliphatic rings. The first-order chi connectivity index (χ1) is 9.68. The van der Waals surface area contributed by atoms with E-state index in [0.717, 1.165) is 6.54 Å². The summed E-state index contributed by atoms with van der Waals surface area (Å²) in [7, 11) is 2.21. The summed E-state index contributed by atoms with van der Waals surface area (Å²) in [5, 5.41) is 3.75. The number of unbranched alkanes of at least 4 members (excludes halogenated alkanes) is 1. The highest BCUT2D eigenvalue weighted by Crippen LogP contribution is 2.35. The first-order valence-corrected chi connectivity index (χ1v) is 8.82. The molecule has 1 N–H and O–H groups in total. The Morgan fingerprint density at radius 3 is 2.90 bits per heavy atom. The van der Waals surface area contributed by atoms with E-state index < -0.39 is 0 Å². The van der Waals surface area contributed by atoms with Crippen molar-refractivity contribution in [3.63, 3.8) is 0 Å². The molecule has 0 bridgehead atoms. The third-order valence-corrected chi connectivity index (χ3v) is 5.29. The molecule has 2 rings (SSSR count). The summed E-state index contributed by atoms with van der Waals surface area (Å²) in [4.78, 5) is 3.89. The summed E-state index contributed by atoms with van der Waals surface area (Å²) in [6, 6.07) is 10.1. The van der Waals surface area contributed by atoms with E-state index in [-0.39, 0.29) is 0 Å². The van der Waals surface area contributed by atoms with Crippen molar-refractivity contribution < 1.29 is 0 Å². The summed E-state index contributed by atoms with van der Waals surface area (Å²) in [6.45, 7) is 6.86. The Labute approximate surface area is 128 Å². The quantitative estimate of drug-likeness (QED) is 0.767. The van der Waals surface area contributed by atoms with E-state index in [4.69, 9.17) is 0 Å². The third kappa shape index (κ3) is 4.51. The van der Waals surface area contributed by atoms with Crippen molar-refractivity contribution >= 4 is 11.8 Å². The van der Waals surface area contributed by atoms with Crippen molar-refractivity contribution in [3.8, 4) is 0 Å². The number of rotatable bonds is 7. The lowest BCUT2D eigenvalue weighted by molar-refractivity contribution is 0.267. The van der Waals surface area contributed by atoms with Gasteiger partial charge in [-0.1, -0.05) is 18.2 Å². The van der Waals surface area contributed by atoms with Crippen LogP contribution in [0.5, 0.6) is 0 Å². The van der Waals surface area contributed by atoms with Crippen molar-refractivity contribution in [2.75, 3.05) is 25.9 Å². The average molecular weight is 292 g/mol. The maximum Gasteiger partial charge on any atom is 0.0339 e. The van der Waals surface area contributed by atoms with Gasteiger partial charge in [0.1, 0.15) is 0 Å². The molecule has 1 heterocycles. The van der Waals surface area contributed by atoms with E-state index in [9.17, 15) is 0 Å². The van der Waals surface area contributed by atoms with Crippen molar-refractivity contribution in [2.24, 2.45) is 0 Å². The molecule has 1 unspecified atom stereocenters. The molecule has 0 aliphatic carbocycles. The van der Waals surface area contributed by atoms with Crippen molar-refractivity contribution in [2.45, 2.75) is 50.1 Å². The van der Waals surface area contributed by atoms with Gasteiger partial charge in [0.05, 0.1) is 0 Å². The lowest BCUT2D eigenvalue weighted by Gasteiger charge is -2.26.